The summed E-state index contributed by atoms with van der Waals surface area (Å²) in [5.41, 5.74) is 2.89. The number of imidazole rings is 1. The van der Waals surface area contributed by atoms with Gasteiger partial charge in [-0.25, -0.2) is 9.78 Å². The van der Waals surface area contributed by atoms with E-state index in [4.69, 9.17) is 4.74 Å². The molecule has 0 atom stereocenters. The average Bonchev–Trinajstić information content (AvgIpc) is 2.90. The van der Waals surface area contributed by atoms with Crippen LogP contribution in [0.4, 0.5) is 0 Å². The Morgan fingerprint density at radius 1 is 1.24 bits per heavy atom. The predicted molar refractivity (Wildman–Crippen MR) is 88.3 cm³/mol. The van der Waals surface area contributed by atoms with E-state index in [9.17, 15) is 4.79 Å². The number of methoxy groups -OCH3 is 1. The van der Waals surface area contributed by atoms with Gasteiger partial charge in [-0.15, -0.1) is 0 Å². The van der Waals surface area contributed by atoms with E-state index in [2.05, 4.69) is 41.8 Å². The molecule has 0 aliphatic carbocycles. The summed E-state index contributed by atoms with van der Waals surface area (Å²) in [7, 11) is 1.37. The maximum atomic E-state index is 11.9. The molecule has 2 aromatic carbocycles. The number of carbonyl (C=O) groups is 1. The van der Waals surface area contributed by atoms with E-state index in [1.165, 1.54) is 7.11 Å². The zero-order chi connectivity index (χ0) is 15.0. The van der Waals surface area contributed by atoms with Crippen molar-refractivity contribution in [3.63, 3.8) is 0 Å². The predicted octanol–water partition coefficient (Wildman–Crippen LogP) is 4.54. The van der Waals surface area contributed by atoms with Crippen molar-refractivity contribution in [2.45, 2.75) is 0 Å². The minimum atomic E-state index is -0.383. The van der Waals surface area contributed by atoms with Crippen LogP contribution in [-0.2, 0) is 4.74 Å². The van der Waals surface area contributed by atoms with Crippen molar-refractivity contribution in [2.24, 2.45) is 0 Å². The first-order chi connectivity index (χ1) is 10.1. The van der Waals surface area contributed by atoms with Crippen LogP contribution >= 0.6 is 31.9 Å². The van der Waals surface area contributed by atoms with Crippen LogP contribution in [0.3, 0.4) is 0 Å². The quantitative estimate of drug-likeness (QED) is 0.632. The Labute approximate surface area is 137 Å². The van der Waals surface area contributed by atoms with E-state index in [0.717, 1.165) is 20.0 Å². The van der Waals surface area contributed by atoms with Crippen molar-refractivity contribution >= 4 is 48.9 Å². The maximum absolute atomic E-state index is 11.9. The molecule has 0 saturated heterocycles. The number of hydrogen-bond donors (Lipinski definition) is 1. The number of nitrogens with one attached hydrogen (secondary N) is 1. The molecule has 0 spiro atoms. The van der Waals surface area contributed by atoms with Gasteiger partial charge in [0.15, 0.2) is 0 Å². The number of nitrogens with zero attached hydrogens (tertiary/aromatic N) is 1. The molecule has 0 fully saturated rings. The number of benzene rings is 2. The molecule has 6 heteroatoms. The second kappa shape index (κ2) is 5.61. The lowest BCUT2D eigenvalue weighted by atomic mass is 10.1. The molecule has 106 valence electrons. The monoisotopic (exact) mass is 408 g/mol. The van der Waals surface area contributed by atoms with Gasteiger partial charge in [0, 0.05) is 14.5 Å². The van der Waals surface area contributed by atoms with Crippen LogP contribution in [-0.4, -0.2) is 23.0 Å². The third-order valence-electron chi connectivity index (χ3n) is 3.09. The zero-order valence-corrected chi connectivity index (χ0v) is 14.2. The minimum Gasteiger partial charge on any atom is -0.465 e. The molecular weight excluding hydrogens is 400 g/mol. The van der Waals surface area contributed by atoms with Crippen molar-refractivity contribution in [3.05, 3.63) is 50.9 Å². The average molecular weight is 410 g/mol. The fraction of sp³-hybridized carbons (Fsp3) is 0.0667. The van der Waals surface area contributed by atoms with Gasteiger partial charge in [0.2, 0.25) is 0 Å². The number of esters is 1. The van der Waals surface area contributed by atoms with Crippen LogP contribution in [0.5, 0.6) is 0 Å². The Balaban J connectivity index is 2.22. The standard InChI is InChI=1S/C15H10Br2N2O2/c1-21-15(20)10-5-3-2-4-9(10)14-18-12-7-8(16)6-11(17)13(12)19-14/h2-7H,1H3,(H,18,19). The fourth-order valence-corrected chi connectivity index (χ4v) is 3.46. The van der Waals surface area contributed by atoms with Crippen LogP contribution in [0.15, 0.2) is 45.3 Å². The smallest absolute Gasteiger partial charge is 0.338 e. The summed E-state index contributed by atoms with van der Waals surface area (Å²) in [6.45, 7) is 0. The molecule has 0 aliphatic heterocycles. The summed E-state index contributed by atoms with van der Waals surface area (Å²) in [6.07, 6.45) is 0. The summed E-state index contributed by atoms with van der Waals surface area (Å²) >= 11 is 6.94. The number of rotatable bonds is 2. The highest BCUT2D eigenvalue weighted by Gasteiger charge is 2.16. The number of aromatic amines is 1. The number of ether oxygens (including phenoxy) is 1. The van der Waals surface area contributed by atoms with Gasteiger partial charge < -0.3 is 9.72 Å². The van der Waals surface area contributed by atoms with Gasteiger partial charge >= 0.3 is 5.97 Å². The second-order valence-electron chi connectivity index (χ2n) is 4.41. The molecule has 0 amide bonds. The van der Waals surface area contributed by atoms with E-state index < -0.39 is 0 Å². The van der Waals surface area contributed by atoms with E-state index in [1.54, 1.807) is 12.1 Å². The largest absolute Gasteiger partial charge is 0.465 e. The molecule has 0 saturated carbocycles. The Bertz CT molecular complexity index is 843. The van der Waals surface area contributed by atoms with Gasteiger partial charge in [0.1, 0.15) is 11.3 Å². The lowest BCUT2D eigenvalue weighted by molar-refractivity contribution is 0.0601. The maximum Gasteiger partial charge on any atom is 0.338 e. The lowest BCUT2D eigenvalue weighted by Gasteiger charge is -2.04. The van der Waals surface area contributed by atoms with Crippen LogP contribution in [0.25, 0.3) is 22.4 Å². The number of aromatic nitrogens is 2. The summed E-state index contributed by atoms with van der Waals surface area (Å²) in [5, 5.41) is 0. The van der Waals surface area contributed by atoms with Gasteiger partial charge in [-0.1, -0.05) is 34.1 Å². The van der Waals surface area contributed by atoms with Crippen LogP contribution in [0.2, 0.25) is 0 Å². The van der Waals surface area contributed by atoms with Gasteiger partial charge in [-0.3, -0.25) is 0 Å². The van der Waals surface area contributed by atoms with Gasteiger partial charge in [0.25, 0.3) is 0 Å². The molecule has 1 N–H and O–H groups in total. The third kappa shape index (κ3) is 2.61. The molecule has 0 radical (unpaired) electrons. The summed E-state index contributed by atoms with van der Waals surface area (Å²) in [6, 6.07) is 11.1. The van der Waals surface area contributed by atoms with Gasteiger partial charge in [0.05, 0.1) is 18.2 Å². The topological polar surface area (TPSA) is 55.0 Å². The SMILES string of the molecule is COC(=O)c1ccccc1-c1nc2c(Br)cc(Br)cc2[nH]1. The van der Waals surface area contributed by atoms with E-state index in [-0.39, 0.29) is 5.97 Å². The van der Waals surface area contributed by atoms with Crippen LogP contribution in [0.1, 0.15) is 10.4 Å². The Morgan fingerprint density at radius 3 is 2.76 bits per heavy atom. The summed E-state index contributed by atoms with van der Waals surface area (Å²) < 4.78 is 6.64. The normalized spacial score (nSPS) is 10.8. The molecule has 21 heavy (non-hydrogen) atoms. The number of hydrogen-bond acceptors (Lipinski definition) is 3. The highest BCUT2D eigenvalue weighted by atomic mass is 79.9. The number of H-pyrrole nitrogens is 1. The van der Waals surface area contributed by atoms with Gasteiger partial charge in [-0.05, 0) is 34.1 Å². The molecule has 3 aromatic rings. The molecule has 4 nitrogen and oxygen atoms in total. The van der Waals surface area contributed by atoms with Crippen molar-refractivity contribution < 1.29 is 9.53 Å². The first-order valence-electron chi connectivity index (χ1n) is 6.12. The number of carbonyl (C=O) groups excluding carboxylic acids is 1. The van der Waals surface area contributed by atoms with Crippen LogP contribution < -0.4 is 0 Å². The highest BCUT2D eigenvalue weighted by Crippen LogP contribution is 2.30. The fourth-order valence-electron chi connectivity index (χ4n) is 2.15. The molecule has 0 aliphatic rings. The molecule has 1 heterocycles. The third-order valence-corrected chi connectivity index (χ3v) is 4.15. The number of fused-ring (bicyclic) bond motifs is 1. The van der Waals surface area contributed by atoms with E-state index in [1.807, 2.05) is 24.3 Å². The van der Waals surface area contributed by atoms with E-state index in [0.29, 0.717) is 17.0 Å². The van der Waals surface area contributed by atoms with Crippen LogP contribution in [0, 0.1) is 0 Å². The number of halogens is 2. The summed E-state index contributed by atoms with van der Waals surface area (Å²) in [5.74, 6) is 0.246. The highest BCUT2D eigenvalue weighted by molar-refractivity contribution is 9.11. The van der Waals surface area contributed by atoms with Crippen molar-refractivity contribution in [1.82, 2.24) is 9.97 Å². The van der Waals surface area contributed by atoms with Crippen molar-refractivity contribution in [2.75, 3.05) is 7.11 Å². The minimum absolute atomic E-state index is 0.383. The first-order valence-corrected chi connectivity index (χ1v) is 7.71. The Kier molecular flexibility index (Phi) is 3.82. The van der Waals surface area contributed by atoms with Gasteiger partial charge in [-0.2, -0.15) is 0 Å². The molecular formula is C15H10Br2N2O2. The second-order valence-corrected chi connectivity index (χ2v) is 6.18. The molecule has 0 unspecified atom stereocenters. The van der Waals surface area contributed by atoms with E-state index >= 15 is 0 Å². The lowest BCUT2D eigenvalue weighted by Crippen LogP contribution is -2.03. The van der Waals surface area contributed by atoms with Crippen molar-refractivity contribution in [1.29, 1.82) is 0 Å². The molecule has 0 bridgehead atoms. The molecule has 3 rings (SSSR count). The Morgan fingerprint density at radius 2 is 2.00 bits per heavy atom. The summed E-state index contributed by atoms with van der Waals surface area (Å²) in [4.78, 5) is 19.7. The Hall–Kier alpha value is -1.66. The molecule has 1 aromatic heterocycles. The zero-order valence-electron chi connectivity index (χ0n) is 11.0. The first kappa shape index (κ1) is 14.3. The van der Waals surface area contributed by atoms with Crippen molar-refractivity contribution in [3.8, 4) is 11.4 Å².